The summed E-state index contributed by atoms with van der Waals surface area (Å²) in [6, 6.07) is 7.76. The lowest BCUT2D eigenvalue weighted by Crippen LogP contribution is -2.13. The molecule has 0 saturated heterocycles. The van der Waals surface area contributed by atoms with Gasteiger partial charge in [0.2, 0.25) is 0 Å². The van der Waals surface area contributed by atoms with Gasteiger partial charge in [-0.1, -0.05) is 33.6 Å². The molecule has 1 N–H and O–H groups in total. The van der Waals surface area contributed by atoms with Crippen LogP contribution in [-0.2, 0) is 13.1 Å². The summed E-state index contributed by atoms with van der Waals surface area (Å²) in [6.45, 7) is 1.42. The minimum atomic E-state index is 0.703. The average molecular weight is 313 g/mol. The van der Waals surface area contributed by atoms with Gasteiger partial charge in [-0.15, -0.1) is 0 Å². The molecule has 0 bridgehead atoms. The van der Waals surface area contributed by atoms with E-state index in [4.69, 9.17) is 11.6 Å². The molecule has 1 aromatic heterocycles. The molecule has 0 aliphatic heterocycles. The monoisotopic (exact) mass is 311 g/mol. The van der Waals surface area contributed by atoms with Crippen LogP contribution in [0.1, 0.15) is 11.3 Å². The van der Waals surface area contributed by atoms with E-state index in [9.17, 15) is 0 Å². The molecule has 0 aliphatic carbocycles. The second kappa shape index (κ2) is 6.10. The van der Waals surface area contributed by atoms with Gasteiger partial charge in [0.1, 0.15) is 6.33 Å². The largest absolute Gasteiger partial charge is 0.307 e. The Morgan fingerprint density at radius 3 is 2.82 bits per heavy atom. The number of nitrogens with one attached hydrogen (secondary N) is 1. The third-order valence-corrected chi connectivity index (χ3v) is 3.12. The molecule has 2 aromatic rings. The minimum absolute atomic E-state index is 0.703. The molecule has 17 heavy (non-hydrogen) atoms. The van der Waals surface area contributed by atoms with Crippen molar-refractivity contribution in [3.05, 3.63) is 57.5 Å². The molecule has 0 saturated carbocycles. The van der Waals surface area contributed by atoms with Crippen molar-refractivity contribution in [2.75, 3.05) is 0 Å². The SMILES string of the molecule is Clc1cc(Br)ccc1CNCc1ccncn1. The van der Waals surface area contributed by atoms with Gasteiger partial charge in [0.05, 0.1) is 5.69 Å². The summed E-state index contributed by atoms with van der Waals surface area (Å²) in [4.78, 5) is 8.00. The first-order chi connectivity index (χ1) is 8.25. The van der Waals surface area contributed by atoms with Crippen LogP contribution in [0.5, 0.6) is 0 Å². The van der Waals surface area contributed by atoms with Crippen molar-refractivity contribution in [3.63, 3.8) is 0 Å². The third kappa shape index (κ3) is 3.77. The Morgan fingerprint density at radius 2 is 2.12 bits per heavy atom. The molecule has 3 nitrogen and oxygen atoms in total. The van der Waals surface area contributed by atoms with E-state index >= 15 is 0 Å². The number of nitrogens with zero attached hydrogens (tertiary/aromatic N) is 2. The molecule has 88 valence electrons. The Morgan fingerprint density at radius 1 is 1.24 bits per heavy atom. The van der Waals surface area contributed by atoms with Crippen LogP contribution in [0, 0.1) is 0 Å². The van der Waals surface area contributed by atoms with Gasteiger partial charge in [-0.3, -0.25) is 0 Å². The molecule has 0 fully saturated rings. The van der Waals surface area contributed by atoms with Crippen molar-refractivity contribution in [1.82, 2.24) is 15.3 Å². The molecule has 1 aromatic carbocycles. The summed E-state index contributed by atoms with van der Waals surface area (Å²) in [5, 5.41) is 4.05. The first-order valence-corrected chi connectivity index (χ1v) is 6.32. The molecule has 0 atom stereocenters. The minimum Gasteiger partial charge on any atom is -0.307 e. The number of benzene rings is 1. The van der Waals surface area contributed by atoms with Crippen LogP contribution < -0.4 is 5.32 Å². The summed E-state index contributed by atoms with van der Waals surface area (Å²) < 4.78 is 0.988. The summed E-state index contributed by atoms with van der Waals surface area (Å²) in [5.74, 6) is 0. The van der Waals surface area contributed by atoms with Gasteiger partial charge in [-0.25, -0.2) is 9.97 Å². The number of rotatable bonds is 4. The van der Waals surface area contributed by atoms with Crippen molar-refractivity contribution in [3.8, 4) is 0 Å². The van der Waals surface area contributed by atoms with Gasteiger partial charge in [0, 0.05) is 28.8 Å². The van der Waals surface area contributed by atoms with Crippen molar-refractivity contribution < 1.29 is 0 Å². The predicted molar refractivity (Wildman–Crippen MR) is 71.7 cm³/mol. The predicted octanol–water partition coefficient (Wildman–Crippen LogP) is 3.18. The fourth-order valence-electron chi connectivity index (χ4n) is 1.41. The number of halogens is 2. The zero-order chi connectivity index (χ0) is 12.1. The molecule has 1 heterocycles. The highest BCUT2D eigenvalue weighted by Crippen LogP contribution is 2.21. The number of aromatic nitrogens is 2. The van der Waals surface area contributed by atoms with Crippen LogP contribution in [0.25, 0.3) is 0 Å². The Hall–Kier alpha value is -0.970. The quantitative estimate of drug-likeness (QED) is 0.942. The molecule has 2 rings (SSSR count). The molecule has 0 unspecified atom stereocenters. The fraction of sp³-hybridized carbons (Fsp3) is 0.167. The first-order valence-electron chi connectivity index (χ1n) is 5.15. The summed E-state index contributed by atoms with van der Waals surface area (Å²) in [7, 11) is 0. The van der Waals surface area contributed by atoms with E-state index in [0.29, 0.717) is 6.54 Å². The maximum atomic E-state index is 6.12. The van der Waals surface area contributed by atoms with Crippen molar-refractivity contribution in [1.29, 1.82) is 0 Å². The van der Waals surface area contributed by atoms with Gasteiger partial charge in [0.15, 0.2) is 0 Å². The highest BCUT2D eigenvalue weighted by Gasteiger charge is 2.00. The van der Waals surface area contributed by atoms with E-state index in [-0.39, 0.29) is 0 Å². The molecular weight excluding hydrogens is 302 g/mol. The second-order valence-electron chi connectivity index (χ2n) is 3.54. The third-order valence-electron chi connectivity index (χ3n) is 2.28. The molecular formula is C12H11BrClN3. The number of hydrogen-bond donors (Lipinski definition) is 1. The van der Waals surface area contributed by atoms with E-state index < -0.39 is 0 Å². The molecule has 0 aliphatic rings. The van der Waals surface area contributed by atoms with Gasteiger partial charge in [0.25, 0.3) is 0 Å². The molecule has 0 radical (unpaired) electrons. The van der Waals surface area contributed by atoms with Crippen LogP contribution in [0.4, 0.5) is 0 Å². The number of hydrogen-bond acceptors (Lipinski definition) is 3. The lowest BCUT2D eigenvalue weighted by atomic mass is 10.2. The maximum Gasteiger partial charge on any atom is 0.115 e. The Kier molecular flexibility index (Phi) is 4.48. The average Bonchev–Trinajstić information content (AvgIpc) is 2.33. The first kappa shape index (κ1) is 12.5. The fourth-order valence-corrected chi connectivity index (χ4v) is 2.15. The highest BCUT2D eigenvalue weighted by molar-refractivity contribution is 9.10. The van der Waals surface area contributed by atoms with Crippen molar-refractivity contribution >= 4 is 27.5 Å². The van der Waals surface area contributed by atoms with E-state index in [1.807, 2.05) is 24.3 Å². The Bertz CT molecular complexity index is 490. The molecule has 0 spiro atoms. The standard InChI is InChI=1S/C12H11BrClN3/c13-10-2-1-9(12(14)5-10)6-16-7-11-3-4-15-8-17-11/h1-5,8,16H,6-7H2. The zero-order valence-corrected chi connectivity index (χ0v) is 11.4. The smallest absolute Gasteiger partial charge is 0.115 e. The Labute approximate surface area is 113 Å². The zero-order valence-electron chi connectivity index (χ0n) is 9.03. The van der Waals surface area contributed by atoms with Crippen molar-refractivity contribution in [2.45, 2.75) is 13.1 Å². The lowest BCUT2D eigenvalue weighted by Gasteiger charge is -2.06. The van der Waals surface area contributed by atoms with Crippen LogP contribution in [0.15, 0.2) is 41.3 Å². The summed E-state index contributed by atoms with van der Waals surface area (Å²) in [6.07, 6.45) is 3.28. The van der Waals surface area contributed by atoms with E-state index in [1.165, 1.54) is 0 Å². The molecule has 5 heteroatoms. The Balaban J connectivity index is 1.90. The van der Waals surface area contributed by atoms with Gasteiger partial charge < -0.3 is 5.32 Å². The highest BCUT2D eigenvalue weighted by atomic mass is 79.9. The van der Waals surface area contributed by atoms with Crippen LogP contribution in [0.3, 0.4) is 0 Å². The van der Waals surface area contributed by atoms with Crippen molar-refractivity contribution in [2.24, 2.45) is 0 Å². The molecule has 0 amide bonds. The van der Waals surface area contributed by atoms with Gasteiger partial charge >= 0.3 is 0 Å². The summed E-state index contributed by atoms with van der Waals surface area (Å²) in [5.41, 5.74) is 2.04. The normalized spacial score (nSPS) is 10.5. The van der Waals surface area contributed by atoms with E-state index in [1.54, 1.807) is 12.5 Å². The summed E-state index contributed by atoms with van der Waals surface area (Å²) >= 11 is 9.50. The van der Waals surface area contributed by atoms with Crippen LogP contribution in [-0.4, -0.2) is 9.97 Å². The lowest BCUT2D eigenvalue weighted by molar-refractivity contribution is 0.678. The second-order valence-corrected chi connectivity index (χ2v) is 4.86. The maximum absolute atomic E-state index is 6.12. The topological polar surface area (TPSA) is 37.8 Å². The van der Waals surface area contributed by atoms with E-state index in [2.05, 4.69) is 31.2 Å². The van der Waals surface area contributed by atoms with E-state index in [0.717, 1.165) is 27.3 Å². The van der Waals surface area contributed by atoms with Gasteiger partial charge in [-0.05, 0) is 23.8 Å². The van der Waals surface area contributed by atoms with Crippen LogP contribution in [0.2, 0.25) is 5.02 Å². The van der Waals surface area contributed by atoms with Crippen LogP contribution >= 0.6 is 27.5 Å². The van der Waals surface area contributed by atoms with Gasteiger partial charge in [-0.2, -0.15) is 0 Å².